The fourth-order valence-corrected chi connectivity index (χ4v) is 2.84. The summed E-state index contributed by atoms with van der Waals surface area (Å²) in [6, 6.07) is 16.6. The molecule has 0 amide bonds. The molecule has 0 N–H and O–H groups in total. The first kappa shape index (κ1) is 17.9. The third-order valence-corrected chi connectivity index (χ3v) is 4.19. The SMILES string of the molecule is CCCCCOC(=O)Cn1c(-c2ccccc2)nc2ccccc2c1=O. The van der Waals surface area contributed by atoms with Crippen molar-refractivity contribution in [1.82, 2.24) is 9.55 Å². The Balaban J connectivity index is 1.98. The Bertz CT molecular complexity index is 948. The fraction of sp³-hybridized carbons (Fsp3) is 0.286. The number of ether oxygens (including phenoxy) is 1. The molecular weight excluding hydrogens is 328 g/mol. The topological polar surface area (TPSA) is 61.2 Å². The van der Waals surface area contributed by atoms with Crippen LogP contribution in [0.25, 0.3) is 22.3 Å². The normalized spacial score (nSPS) is 10.8. The van der Waals surface area contributed by atoms with Crippen molar-refractivity contribution in [2.45, 2.75) is 32.7 Å². The van der Waals surface area contributed by atoms with Gasteiger partial charge in [0.2, 0.25) is 0 Å². The Hall–Kier alpha value is -2.95. The molecule has 2 aromatic carbocycles. The number of aromatic nitrogens is 2. The van der Waals surface area contributed by atoms with E-state index in [-0.39, 0.29) is 12.1 Å². The van der Waals surface area contributed by atoms with Gasteiger partial charge in [-0.05, 0) is 18.6 Å². The molecule has 5 heteroatoms. The Morgan fingerprint density at radius 3 is 2.54 bits per heavy atom. The zero-order valence-electron chi connectivity index (χ0n) is 14.9. The Morgan fingerprint density at radius 2 is 1.77 bits per heavy atom. The molecule has 1 aromatic heterocycles. The Morgan fingerprint density at radius 1 is 1.04 bits per heavy atom. The van der Waals surface area contributed by atoms with E-state index in [0.717, 1.165) is 24.8 Å². The first-order chi connectivity index (χ1) is 12.7. The monoisotopic (exact) mass is 350 g/mol. The molecule has 0 aliphatic rings. The van der Waals surface area contributed by atoms with Crippen LogP contribution < -0.4 is 5.56 Å². The van der Waals surface area contributed by atoms with Crippen LogP contribution in [0.5, 0.6) is 0 Å². The molecule has 0 saturated heterocycles. The van der Waals surface area contributed by atoms with Gasteiger partial charge in [-0.3, -0.25) is 14.2 Å². The number of unbranched alkanes of at least 4 members (excludes halogenated alkanes) is 2. The number of carbonyl (C=O) groups excluding carboxylic acids is 1. The predicted octanol–water partition coefficient (Wildman–Crippen LogP) is 3.80. The van der Waals surface area contributed by atoms with E-state index in [1.807, 2.05) is 36.4 Å². The van der Waals surface area contributed by atoms with E-state index in [1.165, 1.54) is 4.57 Å². The second-order valence-corrected chi connectivity index (χ2v) is 6.14. The molecule has 0 atom stereocenters. The second kappa shape index (κ2) is 8.43. The lowest BCUT2D eigenvalue weighted by atomic mass is 10.2. The number of benzene rings is 2. The van der Waals surface area contributed by atoms with E-state index in [9.17, 15) is 9.59 Å². The van der Waals surface area contributed by atoms with E-state index in [1.54, 1.807) is 18.2 Å². The average Bonchev–Trinajstić information content (AvgIpc) is 2.68. The number of rotatable bonds is 7. The summed E-state index contributed by atoms with van der Waals surface area (Å²) in [4.78, 5) is 29.8. The van der Waals surface area contributed by atoms with Crippen molar-refractivity contribution in [3.05, 3.63) is 65.0 Å². The number of hydrogen-bond acceptors (Lipinski definition) is 4. The van der Waals surface area contributed by atoms with Gasteiger partial charge in [0.1, 0.15) is 12.4 Å². The van der Waals surface area contributed by atoms with Gasteiger partial charge in [-0.15, -0.1) is 0 Å². The first-order valence-corrected chi connectivity index (χ1v) is 8.91. The van der Waals surface area contributed by atoms with Gasteiger partial charge in [-0.1, -0.05) is 62.2 Å². The third kappa shape index (κ3) is 3.99. The molecule has 0 fully saturated rings. The van der Waals surface area contributed by atoms with E-state index < -0.39 is 5.97 Å². The average molecular weight is 350 g/mol. The summed E-state index contributed by atoms with van der Waals surface area (Å²) >= 11 is 0. The highest BCUT2D eigenvalue weighted by molar-refractivity contribution is 5.80. The number of esters is 1. The molecule has 0 radical (unpaired) electrons. The largest absolute Gasteiger partial charge is 0.464 e. The quantitative estimate of drug-likeness (QED) is 0.480. The van der Waals surface area contributed by atoms with Gasteiger partial charge in [0.25, 0.3) is 5.56 Å². The highest BCUT2D eigenvalue weighted by atomic mass is 16.5. The number of nitrogens with zero attached hydrogens (tertiary/aromatic N) is 2. The zero-order chi connectivity index (χ0) is 18.4. The van der Waals surface area contributed by atoms with Crippen molar-refractivity contribution in [1.29, 1.82) is 0 Å². The maximum atomic E-state index is 12.9. The van der Waals surface area contributed by atoms with Crippen molar-refractivity contribution < 1.29 is 9.53 Å². The molecule has 26 heavy (non-hydrogen) atoms. The van der Waals surface area contributed by atoms with Crippen LogP contribution in [0, 0.1) is 0 Å². The van der Waals surface area contributed by atoms with Crippen molar-refractivity contribution in [3.8, 4) is 11.4 Å². The van der Waals surface area contributed by atoms with Crippen LogP contribution in [0.15, 0.2) is 59.4 Å². The minimum absolute atomic E-state index is 0.146. The molecule has 1 heterocycles. The van der Waals surface area contributed by atoms with E-state index >= 15 is 0 Å². The van der Waals surface area contributed by atoms with Crippen molar-refractivity contribution in [3.63, 3.8) is 0 Å². The van der Waals surface area contributed by atoms with Gasteiger partial charge < -0.3 is 4.74 Å². The molecule has 3 aromatic rings. The standard InChI is InChI=1S/C21H22N2O3/c1-2-3-9-14-26-19(24)15-23-20(16-10-5-4-6-11-16)22-18-13-8-7-12-17(18)21(23)25/h4-8,10-13H,2-3,9,14-15H2,1H3. The van der Waals surface area contributed by atoms with Crippen LogP contribution in [-0.2, 0) is 16.1 Å². The number of carbonyl (C=O) groups is 1. The van der Waals surface area contributed by atoms with Crippen LogP contribution >= 0.6 is 0 Å². The van der Waals surface area contributed by atoms with Crippen molar-refractivity contribution >= 4 is 16.9 Å². The summed E-state index contributed by atoms with van der Waals surface area (Å²) in [5.74, 6) is 0.0530. The summed E-state index contributed by atoms with van der Waals surface area (Å²) in [7, 11) is 0. The molecule has 0 unspecified atom stereocenters. The summed E-state index contributed by atoms with van der Waals surface area (Å²) in [6.45, 7) is 2.32. The molecule has 0 spiro atoms. The summed E-state index contributed by atoms with van der Waals surface area (Å²) in [6.07, 6.45) is 2.91. The van der Waals surface area contributed by atoms with Crippen LogP contribution in [-0.4, -0.2) is 22.1 Å². The fourth-order valence-electron chi connectivity index (χ4n) is 2.84. The van der Waals surface area contributed by atoms with Crippen LogP contribution in [0.2, 0.25) is 0 Å². The maximum Gasteiger partial charge on any atom is 0.326 e. The molecule has 0 saturated carbocycles. The minimum atomic E-state index is -0.419. The molecule has 0 aliphatic heterocycles. The van der Waals surface area contributed by atoms with Crippen LogP contribution in [0.4, 0.5) is 0 Å². The zero-order valence-corrected chi connectivity index (χ0v) is 14.9. The van der Waals surface area contributed by atoms with Gasteiger partial charge in [0, 0.05) is 5.56 Å². The molecule has 5 nitrogen and oxygen atoms in total. The second-order valence-electron chi connectivity index (χ2n) is 6.14. The Kier molecular flexibility index (Phi) is 5.79. The molecule has 134 valence electrons. The lowest BCUT2D eigenvalue weighted by molar-refractivity contribution is -0.144. The minimum Gasteiger partial charge on any atom is -0.464 e. The van der Waals surface area contributed by atoms with Gasteiger partial charge in [0.05, 0.1) is 17.5 Å². The van der Waals surface area contributed by atoms with Crippen molar-refractivity contribution in [2.75, 3.05) is 6.61 Å². The summed E-state index contributed by atoms with van der Waals surface area (Å²) in [5, 5.41) is 0.492. The van der Waals surface area contributed by atoms with E-state index in [0.29, 0.717) is 23.3 Å². The summed E-state index contributed by atoms with van der Waals surface area (Å²) < 4.78 is 6.68. The van der Waals surface area contributed by atoms with Gasteiger partial charge in [-0.25, -0.2) is 4.98 Å². The summed E-state index contributed by atoms with van der Waals surface area (Å²) in [5.41, 5.74) is 1.16. The van der Waals surface area contributed by atoms with Gasteiger partial charge in [0.15, 0.2) is 0 Å². The van der Waals surface area contributed by atoms with E-state index in [2.05, 4.69) is 11.9 Å². The molecular formula is C21H22N2O3. The smallest absolute Gasteiger partial charge is 0.326 e. The third-order valence-electron chi connectivity index (χ3n) is 4.19. The number of hydrogen-bond donors (Lipinski definition) is 0. The van der Waals surface area contributed by atoms with Crippen molar-refractivity contribution in [2.24, 2.45) is 0 Å². The van der Waals surface area contributed by atoms with E-state index in [4.69, 9.17) is 4.74 Å². The number of fused-ring (bicyclic) bond motifs is 1. The molecule has 3 rings (SSSR count). The highest BCUT2D eigenvalue weighted by Crippen LogP contribution is 2.18. The number of para-hydroxylation sites is 1. The predicted molar refractivity (Wildman–Crippen MR) is 102 cm³/mol. The maximum absolute atomic E-state index is 12.9. The Labute approximate surface area is 152 Å². The molecule has 0 aliphatic carbocycles. The lowest BCUT2D eigenvalue weighted by Crippen LogP contribution is -2.28. The highest BCUT2D eigenvalue weighted by Gasteiger charge is 2.15. The lowest BCUT2D eigenvalue weighted by Gasteiger charge is -2.13. The first-order valence-electron chi connectivity index (χ1n) is 8.91. The van der Waals surface area contributed by atoms with Gasteiger partial charge >= 0.3 is 5.97 Å². The van der Waals surface area contributed by atoms with Crippen LogP contribution in [0.3, 0.4) is 0 Å². The molecule has 0 bridgehead atoms. The van der Waals surface area contributed by atoms with Gasteiger partial charge in [-0.2, -0.15) is 0 Å². The van der Waals surface area contributed by atoms with Crippen LogP contribution in [0.1, 0.15) is 26.2 Å².